The van der Waals surface area contributed by atoms with Gasteiger partial charge in [-0.05, 0) is 49.2 Å². The van der Waals surface area contributed by atoms with Gasteiger partial charge in [-0.15, -0.1) is 0 Å². The molecule has 1 fully saturated rings. The van der Waals surface area contributed by atoms with E-state index in [-0.39, 0.29) is 30.4 Å². The number of hydrogen-bond donors (Lipinski definition) is 2. The summed E-state index contributed by atoms with van der Waals surface area (Å²) in [4.78, 5) is 38.1. The standard InChI is InChI=1S/C22H24BrN3O4/c1-15(27)24-18-10-12-26(13-11-18)22(29)19-4-2-3-5-20(19)30-14-21(28)25-17-8-6-16(23)7-9-17/h2-9,18H,10-14H2,1H3,(H,24,27)(H,25,28). The summed E-state index contributed by atoms with van der Waals surface area (Å²) in [5.41, 5.74) is 1.09. The highest BCUT2D eigenvalue weighted by Crippen LogP contribution is 2.22. The normalized spacial score (nSPS) is 14.1. The maximum atomic E-state index is 13.0. The first-order chi connectivity index (χ1) is 14.4. The zero-order valence-electron chi connectivity index (χ0n) is 16.7. The van der Waals surface area contributed by atoms with Crippen LogP contribution in [0, 0.1) is 0 Å². The van der Waals surface area contributed by atoms with Crippen LogP contribution in [0.4, 0.5) is 5.69 Å². The van der Waals surface area contributed by atoms with Crippen molar-refractivity contribution in [2.24, 2.45) is 0 Å². The third-order valence-corrected chi connectivity index (χ3v) is 5.32. The van der Waals surface area contributed by atoms with E-state index in [9.17, 15) is 14.4 Å². The van der Waals surface area contributed by atoms with E-state index in [0.717, 1.165) is 4.47 Å². The molecule has 2 N–H and O–H groups in total. The second-order valence-electron chi connectivity index (χ2n) is 7.11. The molecule has 3 rings (SSSR count). The maximum absolute atomic E-state index is 13.0. The number of nitrogens with zero attached hydrogens (tertiary/aromatic N) is 1. The molecule has 1 aliphatic rings. The van der Waals surface area contributed by atoms with Crippen LogP contribution in [0.25, 0.3) is 0 Å². The Kier molecular flexibility index (Phi) is 7.46. The Hall–Kier alpha value is -2.87. The van der Waals surface area contributed by atoms with Gasteiger partial charge in [-0.1, -0.05) is 28.1 Å². The number of carbonyl (C=O) groups excluding carboxylic acids is 3. The van der Waals surface area contributed by atoms with Crippen LogP contribution in [0.15, 0.2) is 53.0 Å². The van der Waals surface area contributed by atoms with E-state index in [1.807, 2.05) is 12.1 Å². The average molecular weight is 474 g/mol. The van der Waals surface area contributed by atoms with Crippen LogP contribution in [-0.4, -0.2) is 48.4 Å². The van der Waals surface area contributed by atoms with Gasteiger partial charge in [0.25, 0.3) is 11.8 Å². The molecular formula is C22H24BrN3O4. The molecule has 0 spiro atoms. The predicted molar refractivity (Wildman–Crippen MR) is 117 cm³/mol. The van der Waals surface area contributed by atoms with E-state index in [4.69, 9.17) is 4.74 Å². The molecular weight excluding hydrogens is 450 g/mol. The van der Waals surface area contributed by atoms with Crippen molar-refractivity contribution in [3.05, 3.63) is 58.6 Å². The molecule has 0 atom stereocenters. The summed E-state index contributed by atoms with van der Waals surface area (Å²) in [5.74, 6) is -0.131. The highest BCUT2D eigenvalue weighted by atomic mass is 79.9. The molecule has 158 valence electrons. The number of likely N-dealkylation sites (tertiary alicyclic amines) is 1. The van der Waals surface area contributed by atoms with E-state index in [0.29, 0.717) is 42.9 Å². The predicted octanol–water partition coefficient (Wildman–Crippen LogP) is 3.21. The van der Waals surface area contributed by atoms with E-state index < -0.39 is 0 Å². The molecule has 0 saturated carbocycles. The number of halogens is 1. The highest BCUT2D eigenvalue weighted by Gasteiger charge is 2.25. The summed E-state index contributed by atoms with van der Waals surface area (Å²) in [6.45, 7) is 2.41. The Morgan fingerprint density at radius 3 is 2.40 bits per heavy atom. The number of anilines is 1. The van der Waals surface area contributed by atoms with Crippen LogP contribution in [0.5, 0.6) is 5.75 Å². The molecule has 0 unspecified atom stereocenters. The van der Waals surface area contributed by atoms with Gasteiger partial charge in [0.15, 0.2) is 6.61 Å². The average Bonchev–Trinajstić information content (AvgIpc) is 2.74. The van der Waals surface area contributed by atoms with Crippen LogP contribution < -0.4 is 15.4 Å². The summed E-state index contributed by atoms with van der Waals surface area (Å²) in [6, 6.07) is 14.2. The monoisotopic (exact) mass is 473 g/mol. The molecule has 3 amide bonds. The van der Waals surface area contributed by atoms with Crippen molar-refractivity contribution in [1.82, 2.24) is 10.2 Å². The van der Waals surface area contributed by atoms with Gasteiger partial charge in [-0.2, -0.15) is 0 Å². The van der Waals surface area contributed by atoms with Gasteiger partial charge in [0, 0.05) is 36.2 Å². The van der Waals surface area contributed by atoms with Gasteiger partial charge in [0.1, 0.15) is 5.75 Å². The van der Waals surface area contributed by atoms with Crippen molar-refractivity contribution in [1.29, 1.82) is 0 Å². The van der Waals surface area contributed by atoms with Crippen molar-refractivity contribution in [3.63, 3.8) is 0 Å². The lowest BCUT2D eigenvalue weighted by atomic mass is 10.0. The second kappa shape index (κ2) is 10.2. The zero-order chi connectivity index (χ0) is 21.5. The highest BCUT2D eigenvalue weighted by molar-refractivity contribution is 9.10. The summed E-state index contributed by atoms with van der Waals surface area (Å²) in [6.07, 6.45) is 1.42. The number of para-hydroxylation sites is 1. The fraction of sp³-hybridized carbons (Fsp3) is 0.318. The van der Waals surface area contributed by atoms with Crippen molar-refractivity contribution in [3.8, 4) is 5.75 Å². The van der Waals surface area contributed by atoms with E-state index in [2.05, 4.69) is 26.6 Å². The van der Waals surface area contributed by atoms with Gasteiger partial charge in [0.2, 0.25) is 5.91 Å². The Morgan fingerprint density at radius 1 is 1.07 bits per heavy atom. The van der Waals surface area contributed by atoms with Crippen LogP contribution in [0.2, 0.25) is 0 Å². The van der Waals surface area contributed by atoms with Crippen molar-refractivity contribution < 1.29 is 19.1 Å². The first-order valence-electron chi connectivity index (χ1n) is 9.76. The third-order valence-electron chi connectivity index (χ3n) is 4.79. The molecule has 2 aromatic rings. The number of ether oxygens (including phenoxy) is 1. The van der Waals surface area contributed by atoms with Crippen LogP contribution >= 0.6 is 15.9 Å². The molecule has 0 bridgehead atoms. The van der Waals surface area contributed by atoms with E-state index in [1.54, 1.807) is 41.3 Å². The molecule has 1 saturated heterocycles. The Labute approximate surface area is 183 Å². The first-order valence-corrected chi connectivity index (χ1v) is 10.6. The van der Waals surface area contributed by atoms with Crippen molar-refractivity contribution >= 4 is 39.3 Å². The molecule has 2 aromatic carbocycles. The lowest BCUT2D eigenvalue weighted by Gasteiger charge is -2.32. The van der Waals surface area contributed by atoms with Gasteiger partial charge >= 0.3 is 0 Å². The minimum atomic E-state index is -0.310. The smallest absolute Gasteiger partial charge is 0.262 e. The van der Waals surface area contributed by atoms with Gasteiger partial charge in [-0.25, -0.2) is 0 Å². The second-order valence-corrected chi connectivity index (χ2v) is 8.02. The lowest BCUT2D eigenvalue weighted by molar-refractivity contribution is -0.120. The SMILES string of the molecule is CC(=O)NC1CCN(C(=O)c2ccccc2OCC(=O)Nc2ccc(Br)cc2)CC1. The lowest BCUT2D eigenvalue weighted by Crippen LogP contribution is -2.46. The number of benzene rings is 2. The van der Waals surface area contributed by atoms with Gasteiger partial charge in [0.05, 0.1) is 5.56 Å². The Bertz CT molecular complexity index is 909. The number of carbonyl (C=O) groups is 3. The Balaban J connectivity index is 1.57. The maximum Gasteiger partial charge on any atom is 0.262 e. The zero-order valence-corrected chi connectivity index (χ0v) is 18.3. The molecule has 1 aliphatic heterocycles. The van der Waals surface area contributed by atoms with Crippen LogP contribution in [0.3, 0.4) is 0 Å². The summed E-state index contributed by atoms with van der Waals surface area (Å²) >= 11 is 3.35. The van der Waals surface area contributed by atoms with E-state index in [1.165, 1.54) is 6.92 Å². The number of hydrogen-bond acceptors (Lipinski definition) is 4. The number of rotatable bonds is 6. The van der Waals surface area contributed by atoms with Gasteiger partial charge in [-0.3, -0.25) is 14.4 Å². The third kappa shape index (κ3) is 6.06. The largest absolute Gasteiger partial charge is 0.483 e. The summed E-state index contributed by atoms with van der Waals surface area (Å²) in [5, 5.41) is 5.66. The summed E-state index contributed by atoms with van der Waals surface area (Å²) < 4.78 is 6.58. The topological polar surface area (TPSA) is 87.7 Å². The fourth-order valence-electron chi connectivity index (χ4n) is 3.33. The number of amides is 3. The van der Waals surface area contributed by atoms with Crippen molar-refractivity contribution in [2.75, 3.05) is 25.0 Å². The molecule has 0 aliphatic carbocycles. The van der Waals surface area contributed by atoms with Crippen LogP contribution in [0.1, 0.15) is 30.1 Å². The molecule has 1 heterocycles. The van der Waals surface area contributed by atoms with E-state index >= 15 is 0 Å². The minimum absolute atomic E-state index is 0.0556. The quantitative estimate of drug-likeness (QED) is 0.673. The minimum Gasteiger partial charge on any atom is -0.483 e. The fourth-order valence-corrected chi connectivity index (χ4v) is 3.59. The van der Waals surface area contributed by atoms with Crippen LogP contribution in [-0.2, 0) is 9.59 Å². The molecule has 7 nitrogen and oxygen atoms in total. The first kappa shape index (κ1) is 21.8. The number of nitrogens with one attached hydrogen (secondary N) is 2. The number of piperidine rings is 1. The van der Waals surface area contributed by atoms with Gasteiger partial charge < -0.3 is 20.3 Å². The molecule has 30 heavy (non-hydrogen) atoms. The molecule has 8 heteroatoms. The van der Waals surface area contributed by atoms with Crippen molar-refractivity contribution in [2.45, 2.75) is 25.8 Å². The molecule has 0 aromatic heterocycles. The Morgan fingerprint density at radius 2 is 1.73 bits per heavy atom. The molecule has 0 radical (unpaired) electrons. The summed E-state index contributed by atoms with van der Waals surface area (Å²) in [7, 11) is 0.